The van der Waals surface area contributed by atoms with Crippen molar-refractivity contribution in [2.45, 2.75) is 26.3 Å². The minimum absolute atomic E-state index is 0.0753. The van der Waals surface area contributed by atoms with Crippen LogP contribution in [-0.2, 0) is 6.54 Å². The summed E-state index contributed by atoms with van der Waals surface area (Å²) in [5, 5.41) is 24.2. The van der Waals surface area contributed by atoms with Gasteiger partial charge in [-0.3, -0.25) is 15.1 Å². The number of nitrogens with one attached hydrogen (secondary N) is 3. The van der Waals surface area contributed by atoms with Crippen LogP contribution in [0.3, 0.4) is 0 Å². The third kappa shape index (κ3) is 5.76. The van der Waals surface area contributed by atoms with Gasteiger partial charge in [-0.2, -0.15) is 0 Å². The van der Waals surface area contributed by atoms with Gasteiger partial charge >= 0.3 is 0 Å². The van der Waals surface area contributed by atoms with E-state index >= 15 is 0 Å². The van der Waals surface area contributed by atoms with Gasteiger partial charge in [-0.25, -0.2) is 0 Å². The van der Waals surface area contributed by atoms with Crippen LogP contribution in [0.2, 0.25) is 0 Å². The third-order valence-corrected chi connectivity index (χ3v) is 3.65. The van der Waals surface area contributed by atoms with E-state index < -0.39 is 4.92 Å². The fourth-order valence-electron chi connectivity index (χ4n) is 2.16. The molecule has 0 atom stereocenters. The average molecular weight is 360 g/mol. The predicted molar refractivity (Wildman–Crippen MR) is 100 cm³/mol. The average Bonchev–Trinajstić information content (AvgIpc) is 3.11. The number of non-ortho nitro benzene ring substituents is 1. The van der Waals surface area contributed by atoms with E-state index in [1.807, 2.05) is 6.07 Å². The number of guanidine groups is 1. The Labute approximate surface area is 152 Å². The van der Waals surface area contributed by atoms with Crippen molar-refractivity contribution in [3.05, 3.63) is 51.9 Å². The zero-order chi connectivity index (χ0) is 18.9. The molecule has 140 valence electrons. The fourth-order valence-corrected chi connectivity index (χ4v) is 2.16. The van der Waals surface area contributed by atoms with E-state index in [4.69, 9.17) is 4.52 Å². The maximum Gasteiger partial charge on any atom is 0.269 e. The first-order chi connectivity index (χ1) is 12.5. The van der Waals surface area contributed by atoms with Crippen LogP contribution < -0.4 is 16.0 Å². The lowest BCUT2D eigenvalue weighted by Crippen LogP contribution is -2.39. The number of rotatable bonds is 8. The summed E-state index contributed by atoms with van der Waals surface area (Å²) in [6, 6.07) is 8.24. The Morgan fingerprint density at radius 3 is 2.58 bits per heavy atom. The molecule has 0 fully saturated rings. The van der Waals surface area contributed by atoms with Gasteiger partial charge in [-0.1, -0.05) is 19.0 Å². The van der Waals surface area contributed by atoms with Crippen LogP contribution in [0, 0.1) is 10.1 Å². The SMILES string of the molecule is CN=C(NCCNc1ccc([N+](=O)[O-])cc1)NCc1cc(C(C)C)no1. The lowest BCUT2D eigenvalue weighted by molar-refractivity contribution is -0.384. The van der Waals surface area contributed by atoms with E-state index in [0.717, 1.165) is 17.1 Å². The Morgan fingerprint density at radius 1 is 1.27 bits per heavy atom. The number of anilines is 1. The normalized spacial score (nSPS) is 11.5. The summed E-state index contributed by atoms with van der Waals surface area (Å²) in [7, 11) is 1.69. The zero-order valence-corrected chi connectivity index (χ0v) is 15.2. The number of benzene rings is 1. The molecule has 9 heteroatoms. The monoisotopic (exact) mass is 360 g/mol. The highest BCUT2D eigenvalue weighted by Gasteiger charge is 2.08. The Hall–Kier alpha value is -3.10. The van der Waals surface area contributed by atoms with Gasteiger partial charge in [0, 0.05) is 44.0 Å². The van der Waals surface area contributed by atoms with E-state index in [1.54, 1.807) is 19.2 Å². The fraction of sp³-hybridized carbons (Fsp3) is 0.412. The number of hydrogen-bond acceptors (Lipinski definition) is 6. The first kappa shape index (κ1) is 19.2. The van der Waals surface area contributed by atoms with E-state index in [9.17, 15) is 10.1 Å². The predicted octanol–water partition coefficient (Wildman–Crippen LogP) is 2.48. The van der Waals surface area contributed by atoms with Gasteiger partial charge in [-0.15, -0.1) is 0 Å². The quantitative estimate of drug-likeness (QED) is 0.218. The second-order valence-electron chi connectivity index (χ2n) is 5.96. The zero-order valence-electron chi connectivity index (χ0n) is 15.2. The maximum atomic E-state index is 10.6. The Morgan fingerprint density at radius 2 is 2.00 bits per heavy atom. The van der Waals surface area contributed by atoms with Crippen LogP contribution in [0.1, 0.15) is 31.2 Å². The highest BCUT2D eigenvalue weighted by molar-refractivity contribution is 5.79. The number of nitro benzene ring substituents is 1. The molecule has 0 bridgehead atoms. The summed E-state index contributed by atoms with van der Waals surface area (Å²) < 4.78 is 5.28. The molecular weight excluding hydrogens is 336 g/mol. The van der Waals surface area contributed by atoms with Gasteiger partial charge < -0.3 is 20.5 Å². The van der Waals surface area contributed by atoms with Gasteiger partial charge in [0.15, 0.2) is 11.7 Å². The molecule has 1 heterocycles. The van der Waals surface area contributed by atoms with Crippen molar-refractivity contribution < 1.29 is 9.45 Å². The lowest BCUT2D eigenvalue weighted by atomic mass is 10.1. The van der Waals surface area contributed by atoms with E-state index in [0.29, 0.717) is 31.5 Å². The van der Waals surface area contributed by atoms with Crippen molar-refractivity contribution in [1.82, 2.24) is 15.8 Å². The van der Waals surface area contributed by atoms with Crippen molar-refractivity contribution in [2.75, 3.05) is 25.5 Å². The number of aromatic nitrogens is 1. The number of nitrogens with zero attached hydrogens (tertiary/aromatic N) is 3. The summed E-state index contributed by atoms with van der Waals surface area (Å²) >= 11 is 0. The minimum atomic E-state index is -0.417. The molecule has 0 radical (unpaired) electrons. The lowest BCUT2D eigenvalue weighted by Gasteiger charge is -2.11. The molecule has 1 aromatic heterocycles. The molecule has 1 aromatic carbocycles. The Kier molecular flexibility index (Phi) is 6.95. The molecule has 0 saturated carbocycles. The number of nitro groups is 1. The molecule has 0 saturated heterocycles. The molecule has 26 heavy (non-hydrogen) atoms. The summed E-state index contributed by atoms with van der Waals surface area (Å²) in [5.41, 5.74) is 1.83. The second kappa shape index (κ2) is 9.40. The van der Waals surface area contributed by atoms with Gasteiger partial charge in [0.2, 0.25) is 0 Å². The molecule has 0 aliphatic rings. The second-order valence-corrected chi connectivity index (χ2v) is 5.96. The van der Waals surface area contributed by atoms with Crippen molar-refractivity contribution in [3.63, 3.8) is 0 Å². The number of aliphatic imine (C=N–C) groups is 1. The van der Waals surface area contributed by atoms with Crippen LogP contribution in [0.5, 0.6) is 0 Å². The highest BCUT2D eigenvalue weighted by Crippen LogP contribution is 2.15. The summed E-state index contributed by atoms with van der Waals surface area (Å²) in [4.78, 5) is 14.4. The maximum absolute atomic E-state index is 10.6. The van der Waals surface area contributed by atoms with E-state index in [1.165, 1.54) is 12.1 Å². The molecule has 0 amide bonds. The van der Waals surface area contributed by atoms with Crippen LogP contribution in [0.25, 0.3) is 0 Å². The van der Waals surface area contributed by atoms with Crippen molar-refractivity contribution in [2.24, 2.45) is 4.99 Å². The van der Waals surface area contributed by atoms with Gasteiger partial charge in [0.05, 0.1) is 17.2 Å². The van der Waals surface area contributed by atoms with Crippen molar-refractivity contribution >= 4 is 17.3 Å². The van der Waals surface area contributed by atoms with E-state index in [2.05, 4.69) is 39.9 Å². The molecular formula is C17H24N6O3. The smallest absolute Gasteiger partial charge is 0.269 e. The first-order valence-electron chi connectivity index (χ1n) is 8.38. The first-order valence-corrected chi connectivity index (χ1v) is 8.38. The Balaban J connectivity index is 1.70. The van der Waals surface area contributed by atoms with Crippen LogP contribution in [0.15, 0.2) is 39.8 Å². The molecule has 3 N–H and O–H groups in total. The van der Waals surface area contributed by atoms with Gasteiger partial charge in [0.1, 0.15) is 0 Å². The molecule has 9 nitrogen and oxygen atoms in total. The summed E-state index contributed by atoms with van der Waals surface area (Å²) in [6.07, 6.45) is 0. The molecule has 0 aliphatic carbocycles. The largest absolute Gasteiger partial charge is 0.383 e. The summed E-state index contributed by atoms with van der Waals surface area (Å²) in [6.45, 7) is 5.89. The molecule has 2 aromatic rings. The van der Waals surface area contributed by atoms with Gasteiger partial charge in [-0.05, 0) is 18.1 Å². The Bertz CT molecular complexity index is 739. The van der Waals surface area contributed by atoms with Crippen LogP contribution in [-0.4, -0.2) is 36.2 Å². The number of hydrogen-bond donors (Lipinski definition) is 3. The molecule has 0 spiro atoms. The highest BCUT2D eigenvalue weighted by atomic mass is 16.6. The molecule has 0 unspecified atom stereocenters. The van der Waals surface area contributed by atoms with Crippen LogP contribution >= 0.6 is 0 Å². The van der Waals surface area contributed by atoms with Crippen molar-refractivity contribution in [1.29, 1.82) is 0 Å². The van der Waals surface area contributed by atoms with E-state index in [-0.39, 0.29) is 5.69 Å². The van der Waals surface area contributed by atoms with Crippen LogP contribution in [0.4, 0.5) is 11.4 Å². The topological polar surface area (TPSA) is 118 Å². The standard InChI is InChI=1S/C17H24N6O3/c1-12(2)16-10-15(26-22-16)11-21-17(18-3)20-9-8-19-13-4-6-14(7-5-13)23(24)25/h4-7,10,12,19H,8-9,11H2,1-3H3,(H2,18,20,21). The summed E-state index contributed by atoms with van der Waals surface area (Å²) in [5.74, 6) is 1.73. The van der Waals surface area contributed by atoms with Gasteiger partial charge in [0.25, 0.3) is 5.69 Å². The third-order valence-electron chi connectivity index (χ3n) is 3.65. The minimum Gasteiger partial charge on any atom is -0.383 e. The van der Waals surface area contributed by atoms with Crippen molar-refractivity contribution in [3.8, 4) is 0 Å². The molecule has 0 aliphatic heterocycles. The molecule has 2 rings (SSSR count).